The van der Waals surface area contributed by atoms with E-state index in [1.165, 1.54) is 16.2 Å². The maximum atomic E-state index is 12.5. The van der Waals surface area contributed by atoms with Gasteiger partial charge in [-0.2, -0.15) is 10.1 Å². The van der Waals surface area contributed by atoms with Crippen molar-refractivity contribution in [2.24, 2.45) is 0 Å². The number of carbonyl (C=O) groups is 1. The number of hydrogen-bond donors (Lipinski definition) is 0. The Balaban J connectivity index is 1.69. The summed E-state index contributed by atoms with van der Waals surface area (Å²) in [5.41, 5.74) is 2.42. The highest BCUT2D eigenvalue weighted by molar-refractivity contribution is 7.15. The SMILES string of the molecule is COc1ccc(Cc2nn3c(-c4ccccc4OCC(=O)N(C)C)csc3nc2=O)cc1. The van der Waals surface area contributed by atoms with Gasteiger partial charge < -0.3 is 14.4 Å². The molecule has 1 amide bonds. The van der Waals surface area contributed by atoms with Crippen molar-refractivity contribution < 1.29 is 14.3 Å². The van der Waals surface area contributed by atoms with E-state index in [4.69, 9.17) is 9.47 Å². The fourth-order valence-corrected chi connectivity index (χ4v) is 3.91. The zero-order valence-corrected chi connectivity index (χ0v) is 18.8. The summed E-state index contributed by atoms with van der Waals surface area (Å²) < 4.78 is 12.6. The van der Waals surface area contributed by atoms with E-state index in [2.05, 4.69) is 10.1 Å². The van der Waals surface area contributed by atoms with Crippen LogP contribution in [0.3, 0.4) is 0 Å². The number of benzene rings is 2. The van der Waals surface area contributed by atoms with E-state index in [0.29, 0.717) is 22.8 Å². The number of likely N-dealkylation sites (N-methyl/N-ethyl adjacent to an activating group) is 1. The van der Waals surface area contributed by atoms with Gasteiger partial charge in [-0.3, -0.25) is 9.59 Å². The summed E-state index contributed by atoms with van der Waals surface area (Å²) >= 11 is 1.32. The average Bonchev–Trinajstić information content (AvgIpc) is 3.20. The van der Waals surface area contributed by atoms with E-state index in [1.807, 2.05) is 47.8 Å². The first-order valence-electron chi connectivity index (χ1n) is 9.89. The molecule has 4 aromatic rings. The molecule has 0 unspecified atom stereocenters. The van der Waals surface area contributed by atoms with Crippen molar-refractivity contribution >= 4 is 22.2 Å². The highest BCUT2D eigenvalue weighted by Gasteiger charge is 2.16. The van der Waals surface area contributed by atoms with Crippen molar-refractivity contribution in [2.75, 3.05) is 27.8 Å². The number of rotatable bonds is 7. The van der Waals surface area contributed by atoms with Gasteiger partial charge in [0.25, 0.3) is 11.5 Å². The van der Waals surface area contributed by atoms with Crippen LogP contribution >= 0.6 is 11.3 Å². The van der Waals surface area contributed by atoms with E-state index in [9.17, 15) is 9.59 Å². The number of hydrogen-bond acceptors (Lipinski definition) is 7. The molecule has 2 aromatic carbocycles. The summed E-state index contributed by atoms with van der Waals surface area (Å²) in [6.07, 6.45) is 0.351. The lowest BCUT2D eigenvalue weighted by Crippen LogP contribution is -2.27. The van der Waals surface area contributed by atoms with Gasteiger partial charge in [-0.1, -0.05) is 24.3 Å². The summed E-state index contributed by atoms with van der Waals surface area (Å²) in [4.78, 5) is 30.7. The molecule has 0 aliphatic rings. The van der Waals surface area contributed by atoms with Gasteiger partial charge in [0.05, 0.1) is 12.8 Å². The molecule has 0 saturated heterocycles. The second-order valence-corrected chi connectivity index (χ2v) is 8.11. The third-order valence-corrected chi connectivity index (χ3v) is 5.71. The molecule has 0 N–H and O–H groups in total. The van der Waals surface area contributed by atoms with Gasteiger partial charge in [-0.05, 0) is 29.8 Å². The second-order valence-electron chi connectivity index (χ2n) is 7.28. The van der Waals surface area contributed by atoms with Crippen molar-refractivity contribution in [1.82, 2.24) is 19.5 Å². The molecule has 8 nitrogen and oxygen atoms in total. The minimum absolute atomic E-state index is 0.0736. The van der Waals surface area contributed by atoms with Crippen LogP contribution in [-0.4, -0.2) is 53.2 Å². The number of thiazole rings is 1. The van der Waals surface area contributed by atoms with Crippen molar-refractivity contribution in [3.63, 3.8) is 0 Å². The molecule has 4 rings (SSSR count). The van der Waals surface area contributed by atoms with E-state index in [0.717, 1.165) is 22.6 Å². The lowest BCUT2D eigenvalue weighted by molar-refractivity contribution is -0.130. The minimum atomic E-state index is -0.352. The van der Waals surface area contributed by atoms with Gasteiger partial charge >= 0.3 is 0 Å². The Bertz CT molecular complexity index is 1310. The molecule has 0 fully saturated rings. The fraction of sp³-hybridized carbons (Fsp3) is 0.217. The zero-order valence-electron chi connectivity index (χ0n) is 17.9. The summed E-state index contributed by atoms with van der Waals surface area (Å²) in [7, 11) is 4.97. The van der Waals surface area contributed by atoms with Crippen LogP contribution < -0.4 is 15.0 Å². The average molecular weight is 451 g/mol. The van der Waals surface area contributed by atoms with Crippen molar-refractivity contribution in [1.29, 1.82) is 0 Å². The Hall–Kier alpha value is -3.72. The predicted molar refractivity (Wildman–Crippen MR) is 123 cm³/mol. The Kier molecular flexibility index (Phi) is 6.18. The van der Waals surface area contributed by atoms with E-state index in [1.54, 1.807) is 31.8 Å². The van der Waals surface area contributed by atoms with Gasteiger partial charge in [0.15, 0.2) is 6.61 Å². The molecule has 32 heavy (non-hydrogen) atoms. The summed E-state index contributed by atoms with van der Waals surface area (Å²) in [6.45, 7) is -0.0736. The molecule has 2 heterocycles. The third-order valence-electron chi connectivity index (χ3n) is 4.89. The highest BCUT2D eigenvalue weighted by atomic mass is 32.1. The molecule has 0 aliphatic carbocycles. The number of amides is 1. The van der Waals surface area contributed by atoms with E-state index >= 15 is 0 Å². The molecular weight excluding hydrogens is 428 g/mol. The van der Waals surface area contributed by atoms with Gasteiger partial charge in [-0.25, -0.2) is 4.52 Å². The molecule has 0 radical (unpaired) electrons. The molecule has 0 bridgehead atoms. The maximum Gasteiger partial charge on any atom is 0.296 e. The Morgan fingerprint density at radius 3 is 2.59 bits per heavy atom. The monoisotopic (exact) mass is 450 g/mol. The fourth-order valence-electron chi connectivity index (χ4n) is 3.09. The molecule has 0 saturated carbocycles. The first kappa shape index (κ1) is 21.5. The number of fused-ring (bicyclic) bond motifs is 1. The van der Waals surface area contributed by atoms with Crippen LogP contribution in [0.15, 0.2) is 58.7 Å². The molecule has 2 aromatic heterocycles. The van der Waals surface area contributed by atoms with Gasteiger partial charge in [-0.15, -0.1) is 11.3 Å². The van der Waals surface area contributed by atoms with Crippen molar-refractivity contribution in [3.8, 4) is 22.8 Å². The Labute approximate surface area is 188 Å². The van der Waals surface area contributed by atoms with Crippen LogP contribution in [0, 0.1) is 0 Å². The summed E-state index contributed by atoms with van der Waals surface area (Å²) in [5.74, 6) is 1.16. The van der Waals surface area contributed by atoms with E-state index < -0.39 is 0 Å². The number of methoxy groups -OCH3 is 1. The molecular formula is C23H22N4O4S. The largest absolute Gasteiger partial charge is 0.497 e. The summed E-state index contributed by atoms with van der Waals surface area (Å²) in [6, 6.07) is 14.9. The number of aromatic nitrogens is 3. The molecule has 9 heteroatoms. The van der Waals surface area contributed by atoms with Gasteiger partial charge in [0, 0.05) is 31.5 Å². The molecule has 0 aliphatic heterocycles. The topological polar surface area (TPSA) is 86.0 Å². The van der Waals surface area contributed by atoms with Crippen LogP contribution in [0.5, 0.6) is 11.5 Å². The maximum absolute atomic E-state index is 12.5. The first-order valence-corrected chi connectivity index (χ1v) is 10.8. The van der Waals surface area contributed by atoms with Crippen LogP contribution in [0.2, 0.25) is 0 Å². The van der Waals surface area contributed by atoms with Gasteiger partial charge in [0.1, 0.15) is 17.2 Å². The molecule has 0 atom stereocenters. The first-order chi connectivity index (χ1) is 15.5. The van der Waals surface area contributed by atoms with Crippen LogP contribution in [0.1, 0.15) is 11.3 Å². The van der Waals surface area contributed by atoms with E-state index in [-0.39, 0.29) is 18.1 Å². The molecule has 0 spiro atoms. The van der Waals surface area contributed by atoms with Crippen molar-refractivity contribution in [3.05, 3.63) is 75.5 Å². The minimum Gasteiger partial charge on any atom is -0.497 e. The second kappa shape index (κ2) is 9.19. The lowest BCUT2D eigenvalue weighted by Gasteiger charge is -2.14. The number of carbonyl (C=O) groups excluding carboxylic acids is 1. The predicted octanol–water partition coefficient (Wildman–Crippen LogP) is 2.88. The Morgan fingerprint density at radius 1 is 1.12 bits per heavy atom. The van der Waals surface area contributed by atoms with Crippen LogP contribution in [-0.2, 0) is 11.2 Å². The summed E-state index contributed by atoms with van der Waals surface area (Å²) in [5, 5.41) is 6.48. The standard InChI is InChI=1S/C23H22N4O4S/c1-26(2)21(28)13-31-20-7-5-4-6-17(20)19-14-32-23-24-22(29)18(25-27(19)23)12-15-8-10-16(30-3)11-9-15/h4-11,14H,12-13H2,1-3H3. The van der Waals surface area contributed by atoms with Crippen LogP contribution in [0.4, 0.5) is 0 Å². The number of ether oxygens (including phenoxy) is 2. The van der Waals surface area contributed by atoms with Crippen molar-refractivity contribution in [2.45, 2.75) is 6.42 Å². The smallest absolute Gasteiger partial charge is 0.296 e. The highest BCUT2D eigenvalue weighted by Crippen LogP contribution is 2.32. The Morgan fingerprint density at radius 2 is 1.88 bits per heavy atom. The van der Waals surface area contributed by atoms with Crippen LogP contribution in [0.25, 0.3) is 16.2 Å². The van der Waals surface area contributed by atoms with Gasteiger partial charge in [0.2, 0.25) is 4.96 Å². The number of nitrogens with zero attached hydrogens (tertiary/aromatic N) is 4. The third kappa shape index (κ3) is 4.47. The molecule has 164 valence electrons. The zero-order chi connectivity index (χ0) is 22.7. The lowest BCUT2D eigenvalue weighted by atomic mass is 10.1. The normalized spacial score (nSPS) is 10.8. The number of para-hydroxylation sites is 1. The quantitative estimate of drug-likeness (QED) is 0.430.